The number of ether oxygens (including phenoxy) is 1. The zero-order valence-electron chi connectivity index (χ0n) is 16.6. The summed E-state index contributed by atoms with van der Waals surface area (Å²) in [7, 11) is 0. The van der Waals surface area contributed by atoms with Crippen molar-refractivity contribution in [3.05, 3.63) is 65.2 Å². The van der Waals surface area contributed by atoms with Crippen LogP contribution in [0, 0.1) is 0 Å². The molecule has 0 spiro atoms. The molecule has 4 nitrogen and oxygen atoms in total. The molecule has 1 aliphatic heterocycles. The van der Waals surface area contributed by atoms with E-state index in [-0.39, 0.29) is 5.91 Å². The predicted molar refractivity (Wildman–Crippen MR) is 113 cm³/mol. The van der Waals surface area contributed by atoms with Crippen LogP contribution in [0.2, 0.25) is 0 Å². The van der Waals surface area contributed by atoms with Gasteiger partial charge in [0.15, 0.2) is 5.17 Å². The highest BCUT2D eigenvalue weighted by atomic mass is 32.2. The molecule has 0 saturated carbocycles. The molecule has 2 aromatic rings. The molecule has 0 N–H and O–H groups in total. The number of hydrogen-bond donors (Lipinski definition) is 0. The third-order valence-electron chi connectivity index (χ3n) is 4.56. The van der Waals surface area contributed by atoms with Crippen LogP contribution in [0.25, 0.3) is 0 Å². The number of benzene rings is 2. The van der Waals surface area contributed by atoms with Crippen molar-refractivity contribution in [1.29, 1.82) is 0 Å². The van der Waals surface area contributed by atoms with Crippen LogP contribution >= 0.6 is 11.8 Å². The molecule has 0 fully saturated rings. The van der Waals surface area contributed by atoms with Gasteiger partial charge in [0.1, 0.15) is 5.75 Å². The van der Waals surface area contributed by atoms with Crippen molar-refractivity contribution < 1.29 is 22.7 Å². The van der Waals surface area contributed by atoms with Gasteiger partial charge in [-0.25, -0.2) is 0 Å². The van der Waals surface area contributed by atoms with E-state index in [1.54, 1.807) is 29.2 Å². The molecule has 1 aliphatic rings. The summed E-state index contributed by atoms with van der Waals surface area (Å²) >= 11 is 1.35. The second-order valence-corrected chi connectivity index (χ2v) is 7.77. The van der Waals surface area contributed by atoms with Gasteiger partial charge in [-0.15, -0.1) is 0 Å². The first-order chi connectivity index (χ1) is 14.4. The highest BCUT2D eigenvalue weighted by molar-refractivity contribution is 8.13. The largest absolute Gasteiger partial charge is 0.494 e. The molecule has 0 aliphatic carbocycles. The highest BCUT2D eigenvalue weighted by Gasteiger charge is 2.30. The molecule has 2 aromatic carbocycles. The Morgan fingerprint density at radius 3 is 2.47 bits per heavy atom. The summed E-state index contributed by atoms with van der Waals surface area (Å²) in [5.41, 5.74) is 0.611. The second-order valence-electron chi connectivity index (χ2n) is 6.83. The van der Waals surface area contributed by atoms with E-state index in [4.69, 9.17) is 4.74 Å². The predicted octanol–water partition coefficient (Wildman–Crippen LogP) is 5.63. The summed E-state index contributed by atoms with van der Waals surface area (Å²) in [4.78, 5) is 18.9. The highest BCUT2D eigenvalue weighted by Crippen LogP contribution is 2.30. The average Bonchev–Trinajstić information content (AvgIpc) is 3.21. The number of amides is 1. The molecule has 30 heavy (non-hydrogen) atoms. The number of halogens is 3. The Labute approximate surface area is 178 Å². The minimum Gasteiger partial charge on any atom is -0.494 e. The SMILES string of the molecule is CCCCOc1ccc(C(=O)N2CCN=C2SCc2ccc(C(F)(F)F)cc2)cc1. The smallest absolute Gasteiger partial charge is 0.416 e. The van der Waals surface area contributed by atoms with Crippen molar-refractivity contribution >= 4 is 22.8 Å². The number of rotatable bonds is 7. The molecule has 160 valence electrons. The van der Waals surface area contributed by atoms with Crippen molar-refractivity contribution in [2.24, 2.45) is 4.99 Å². The van der Waals surface area contributed by atoms with E-state index < -0.39 is 11.7 Å². The lowest BCUT2D eigenvalue weighted by Gasteiger charge is -2.18. The van der Waals surface area contributed by atoms with Gasteiger partial charge in [0.25, 0.3) is 5.91 Å². The number of carbonyl (C=O) groups excluding carboxylic acids is 1. The van der Waals surface area contributed by atoms with Crippen molar-refractivity contribution in [2.45, 2.75) is 31.7 Å². The fourth-order valence-corrected chi connectivity index (χ4v) is 3.86. The van der Waals surface area contributed by atoms with Crippen molar-refractivity contribution in [3.8, 4) is 5.75 Å². The van der Waals surface area contributed by atoms with Crippen LogP contribution in [0.1, 0.15) is 41.3 Å². The van der Waals surface area contributed by atoms with Crippen molar-refractivity contribution in [3.63, 3.8) is 0 Å². The van der Waals surface area contributed by atoms with E-state index in [0.29, 0.717) is 36.2 Å². The van der Waals surface area contributed by atoms with Crippen LogP contribution in [0.3, 0.4) is 0 Å². The van der Waals surface area contributed by atoms with Crippen molar-refractivity contribution in [1.82, 2.24) is 4.90 Å². The van der Waals surface area contributed by atoms with Gasteiger partial charge in [-0.1, -0.05) is 37.2 Å². The topological polar surface area (TPSA) is 41.9 Å². The summed E-state index contributed by atoms with van der Waals surface area (Å²) in [6.07, 6.45) is -2.32. The molecular weight excluding hydrogens is 413 g/mol. The lowest BCUT2D eigenvalue weighted by atomic mass is 10.1. The van der Waals surface area contributed by atoms with E-state index in [0.717, 1.165) is 36.3 Å². The molecule has 0 atom stereocenters. The van der Waals surface area contributed by atoms with Gasteiger partial charge >= 0.3 is 6.18 Å². The second kappa shape index (κ2) is 10.0. The third kappa shape index (κ3) is 5.78. The standard InChI is InChI=1S/C22H23F3N2O2S/c1-2-3-14-29-19-10-6-17(7-11-19)20(28)27-13-12-26-21(27)30-15-16-4-8-18(9-5-16)22(23,24)25/h4-11H,2-3,12-15H2,1H3. The third-order valence-corrected chi connectivity index (χ3v) is 5.65. The van der Waals surface area contributed by atoms with E-state index >= 15 is 0 Å². The summed E-state index contributed by atoms with van der Waals surface area (Å²) < 4.78 is 43.7. The van der Waals surface area contributed by atoms with Crippen LogP contribution in [-0.4, -0.2) is 35.7 Å². The van der Waals surface area contributed by atoms with Crippen LogP contribution in [0.15, 0.2) is 53.5 Å². The van der Waals surface area contributed by atoms with Gasteiger partial charge < -0.3 is 4.74 Å². The Bertz CT molecular complexity index is 881. The number of alkyl halides is 3. The van der Waals surface area contributed by atoms with Gasteiger partial charge in [-0.3, -0.25) is 14.7 Å². The number of amidine groups is 1. The maximum Gasteiger partial charge on any atom is 0.416 e. The monoisotopic (exact) mass is 436 g/mol. The van der Waals surface area contributed by atoms with Crippen molar-refractivity contribution in [2.75, 3.05) is 19.7 Å². The van der Waals surface area contributed by atoms with E-state index in [9.17, 15) is 18.0 Å². The molecule has 0 aromatic heterocycles. The molecule has 0 saturated heterocycles. The normalized spacial score (nSPS) is 14.0. The van der Waals surface area contributed by atoms with E-state index in [2.05, 4.69) is 11.9 Å². The van der Waals surface area contributed by atoms with Gasteiger partial charge in [0.05, 0.1) is 18.7 Å². The van der Waals surface area contributed by atoms with E-state index in [1.165, 1.54) is 23.9 Å². The Morgan fingerprint density at radius 1 is 1.13 bits per heavy atom. The van der Waals surface area contributed by atoms with E-state index in [1.807, 2.05) is 0 Å². The molecule has 0 radical (unpaired) electrons. The quantitative estimate of drug-likeness (QED) is 0.529. The minimum absolute atomic E-state index is 0.147. The lowest BCUT2D eigenvalue weighted by molar-refractivity contribution is -0.137. The Kier molecular flexibility index (Phi) is 7.42. The molecule has 3 rings (SSSR count). The molecule has 1 heterocycles. The Hall–Kier alpha value is -2.48. The Morgan fingerprint density at radius 2 is 1.83 bits per heavy atom. The van der Waals surface area contributed by atoms with Crippen LogP contribution in [-0.2, 0) is 11.9 Å². The summed E-state index contributed by atoms with van der Waals surface area (Å²) in [5, 5.41) is 0.586. The zero-order chi connectivity index (χ0) is 21.6. The minimum atomic E-state index is -4.35. The molecule has 0 bridgehead atoms. The van der Waals surface area contributed by atoms with Crippen LogP contribution < -0.4 is 4.74 Å². The summed E-state index contributed by atoms with van der Waals surface area (Å²) in [6, 6.07) is 12.1. The molecule has 8 heteroatoms. The van der Waals surface area contributed by atoms with Crippen LogP contribution in [0.4, 0.5) is 13.2 Å². The first kappa shape index (κ1) is 22.2. The fraction of sp³-hybridized carbons (Fsp3) is 0.364. The first-order valence-corrected chi connectivity index (χ1v) is 10.7. The molecule has 1 amide bonds. The van der Waals surface area contributed by atoms with Gasteiger partial charge in [-0.2, -0.15) is 13.2 Å². The maximum absolute atomic E-state index is 12.9. The summed E-state index contributed by atoms with van der Waals surface area (Å²) in [6.45, 7) is 3.74. The lowest BCUT2D eigenvalue weighted by Crippen LogP contribution is -2.32. The number of hydrogen-bond acceptors (Lipinski definition) is 4. The van der Waals surface area contributed by atoms with Gasteiger partial charge in [0, 0.05) is 17.9 Å². The molecular formula is C22H23F3N2O2S. The number of carbonyl (C=O) groups is 1. The maximum atomic E-state index is 12.9. The summed E-state index contributed by atoms with van der Waals surface area (Å²) in [5.74, 6) is 1.02. The zero-order valence-corrected chi connectivity index (χ0v) is 17.4. The first-order valence-electron chi connectivity index (χ1n) is 9.76. The number of thioether (sulfide) groups is 1. The molecule has 0 unspecified atom stereocenters. The number of nitrogens with zero attached hydrogens (tertiary/aromatic N) is 2. The Balaban J connectivity index is 1.58. The van der Waals surface area contributed by atoms with Gasteiger partial charge in [0.2, 0.25) is 0 Å². The fourth-order valence-electron chi connectivity index (χ4n) is 2.86. The van der Waals surface area contributed by atoms with Gasteiger partial charge in [-0.05, 0) is 48.4 Å². The van der Waals surface area contributed by atoms with Crippen LogP contribution in [0.5, 0.6) is 5.75 Å². The number of aliphatic imine (C=N–C) groups is 1. The number of unbranched alkanes of at least 4 members (excludes halogenated alkanes) is 1. The average molecular weight is 436 g/mol.